The Hall–Kier alpha value is -2.11. The molecule has 0 saturated heterocycles. The summed E-state index contributed by atoms with van der Waals surface area (Å²) in [4.78, 5) is 36.7. The van der Waals surface area contributed by atoms with Gasteiger partial charge in [0.1, 0.15) is 11.3 Å². The molecule has 0 atom stereocenters. The molecule has 1 aromatic heterocycles. The fourth-order valence-corrected chi connectivity index (χ4v) is 2.61. The van der Waals surface area contributed by atoms with Crippen LogP contribution < -0.4 is 10.6 Å². The molecule has 2 amide bonds. The van der Waals surface area contributed by atoms with Crippen molar-refractivity contribution in [1.82, 2.24) is 10.6 Å². The molecule has 0 spiro atoms. The van der Waals surface area contributed by atoms with Gasteiger partial charge >= 0.3 is 0 Å². The molecular formula is C17H24N2O4. The number of Topliss-reactive ketones (excluding diaryl/α,β-unsaturated/α-hetero) is 1. The number of furan rings is 1. The van der Waals surface area contributed by atoms with E-state index in [2.05, 4.69) is 10.6 Å². The number of hydrogen-bond donors (Lipinski definition) is 2. The van der Waals surface area contributed by atoms with E-state index in [0.717, 1.165) is 0 Å². The lowest BCUT2D eigenvalue weighted by Crippen LogP contribution is -2.54. The largest absolute Gasteiger partial charge is 0.455 e. The molecule has 0 unspecified atom stereocenters. The number of amides is 2. The summed E-state index contributed by atoms with van der Waals surface area (Å²) in [6.07, 6.45) is 1.32. The first-order valence-electron chi connectivity index (χ1n) is 7.87. The average molecular weight is 320 g/mol. The van der Waals surface area contributed by atoms with E-state index in [-0.39, 0.29) is 17.5 Å². The molecule has 0 bridgehead atoms. The Morgan fingerprint density at radius 2 is 2.00 bits per heavy atom. The second kappa shape index (κ2) is 5.83. The maximum Gasteiger partial charge on any atom is 0.287 e. The van der Waals surface area contributed by atoms with Gasteiger partial charge in [0, 0.05) is 24.4 Å². The summed E-state index contributed by atoms with van der Waals surface area (Å²) in [5.74, 6) is -0.165. The summed E-state index contributed by atoms with van der Waals surface area (Å²) in [6.45, 7) is 9.31. The highest BCUT2D eigenvalue weighted by Gasteiger charge is 2.38. The second-order valence-corrected chi connectivity index (χ2v) is 7.10. The van der Waals surface area contributed by atoms with E-state index in [9.17, 15) is 14.4 Å². The van der Waals surface area contributed by atoms with E-state index in [1.54, 1.807) is 13.8 Å². The first-order valence-corrected chi connectivity index (χ1v) is 7.87. The van der Waals surface area contributed by atoms with Gasteiger partial charge in [0.05, 0.1) is 5.56 Å². The average Bonchev–Trinajstić information content (AvgIpc) is 2.88. The molecule has 0 aromatic carbocycles. The van der Waals surface area contributed by atoms with Gasteiger partial charge in [-0.15, -0.1) is 0 Å². The number of fused-ring (bicyclic) bond motifs is 1. The minimum Gasteiger partial charge on any atom is -0.455 e. The summed E-state index contributed by atoms with van der Waals surface area (Å²) in [5.41, 5.74) is -1.03. The molecule has 23 heavy (non-hydrogen) atoms. The van der Waals surface area contributed by atoms with Crippen molar-refractivity contribution in [2.75, 3.05) is 6.54 Å². The number of carbonyl (C=O) groups excluding carboxylic acids is 3. The Bertz CT molecular complexity index is 656. The molecule has 0 saturated carbocycles. The van der Waals surface area contributed by atoms with Gasteiger partial charge in [-0.3, -0.25) is 14.4 Å². The first kappa shape index (κ1) is 17.2. The fourth-order valence-electron chi connectivity index (χ4n) is 2.61. The molecule has 6 nitrogen and oxygen atoms in total. The summed E-state index contributed by atoms with van der Waals surface area (Å²) in [6, 6.07) is 1.49. The quantitative estimate of drug-likeness (QED) is 0.889. The molecule has 2 N–H and O–H groups in total. The highest BCUT2D eigenvalue weighted by atomic mass is 16.4. The lowest BCUT2D eigenvalue weighted by molar-refractivity contribution is -0.126. The van der Waals surface area contributed by atoms with Crippen LogP contribution in [0.5, 0.6) is 0 Å². The molecule has 126 valence electrons. The van der Waals surface area contributed by atoms with Crippen LogP contribution in [0.3, 0.4) is 0 Å². The van der Waals surface area contributed by atoms with Gasteiger partial charge in [0.25, 0.3) is 5.91 Å². The highest BCUT2D eigenvalue weighted by Crippen LogP contribution is 2.36. The van der Waals surface area contributed by atoms with E-state index in [4.69, 9.17) is 4.42 Å². The number of likely N-dealkylation sites (N-methyl/N-ethyl adjacent to an activating group) is 1. The topological polar surface area (TPSA) is 88.4 Å². The molecule has 0 radical (unpaired) electrons. The molecule has 1 aliphatic carbocycles. The number of aryl methyl sites for hydroxylation is 1. The van der Waals surface area contributed by atoms with Crippen LogP contribution >= 0.6 is 0 Å². The predicted octanol–water partition coefficient (Wildman–Crippen LogP) is 2.08. The first-order chi connectivity index (χ1) is 10.6. The smallest absolute Gasteiger partial charge is 0.287 e. The van der Waals surface area contributed by atoms with Crippen LogP contribution in [0.15, 0.2) is 10.5 Å². The maximum atomic E-state index is 12.4. The van der Waals surface area contributed by atoms with Crippen LogP contribution in [0.25, 0.3) is 0 Å². The zero-order valence-electron chi connectivity index (χ0n) is 14.3. The van der Waals surface area contributed by atoms with E-state index in [1.165, 1.54) is 6.07 Å². The predicted molar refractivity (Wildman–Crippen MR) is 85.4 cm³/mol. The Morgan fingerprint density at radius 3 is 2.61 bits per heavy atom. The highest BCUT2D eigenvalue weighted by molar-refractivity contribution is 6.04. The standard InChI is InChI=1S/C17H24N2O4/c1-6-18-15(22)17(4,5)19-14(21)12-9-10-11(23-12)7-8-16(2,3)13(10)20/h9H,6-8H2,1-5H3,(H,18,22)(H,19,21). The van der Waals surface area contributed by atoms with Crippen molar-refractivity contribution < 1.29 is 18.8 Å². The van der Waals surface area contributed by atoms with Gasteiger partial charge in [0.2, 0.25) is 5.91 Å². The summed E-state index contributed by atoms with van der Waals surface area (Å²) in [7, 11) is 0. The number of ketones is 1. The number of rotatable bonds is 4. The lowest BCUT2D eigenvalue weighted by atomic mass is 9.75. The van der Waals surface area contributed by atoms with Crippen molar-refractivity contribution in [1.29, 1.82) is 0 Å². The third kappa shape index (κ3) is 3.30. The van der Waals surface area contributed by atoms with Crippen molar-refractivity contribution >= 4 is 17.6 Å². The van der Waals surface area contributed by atoms with Gasteiger partial charge in [-0.25, -0.2) is 0 Å². The molecule has 2 rings (SSSR count). The number of hydrogen-bond acceptors (Lipinski definition) is 4. The van der Waals surface area contributed by atoms with Crippen molar-refractivity contribution in [3.8, 4) is 0 Å². The van der Waals surface area contributed by atoms with Crippen molar-refractivity contribution in [2.24, 2.45) is 5.41 Å². The Kier molecular flexibility index (Phi) is 4.37. The SMILES string of the molecule is CCNC(=O)C(C)(C)NC(=O)c1cc2c(o1)CCC(C)(C)C2=O. The fraction of sp³-hybridized carbons (Fsp3) is 0.588. The third-order valence-electron chi connectivity index (χ3n) is 4.20. The van der Waals surface area contributed by atoms with Crippen molar-refractivity contribution in [2.45, 2.75) is 53.0 Å². The van der Waals surface area contributed by atoms with Gasteiger partial charge in [0.15, 0.2) is 11.5 Å². The normalized spacial score (nSPS) is 16.7. The number of nitrogens with one attached hydrogen (secondary N) is 2. The maximum absolute atomic E-state index is 12.4. The molecule has 1 heterocycles. The lowest BCUT2D eigenvalue weighted by Gasteiger charge is -2.26. The van der Waals surface area contributed by atoms with Crippen LogP contribution in [0, 0.1) is 5.41 Å². The molecule has 0 fully saturated rings. The zero-order valence-corrected chi connectivity index (χ0v) is 14.3. The van der Waals surface area contributed by atoms with Crippen molar-refractivity contribution in [3.05, 3.63) is 23.2 Å². The van der Waals surface area contributed by atoms with Crippen LogP contribution in [0.2, 0.25) is 0 Å². The monoisotopic (exact) mass is 320 g/mol. The molecule has 0 aliphatic heterocycles. The summed E-state index contributed by atoms with van der Waals surface area (Å²) < 4.78 is 5.55. The Labute approximate surface area is 136 Å². The second-order valence-electron chi connectivity index (χ2n) is 7.10. The summed E-state index contributed by atoms with van der Waals surface area (Å²) in [5, 5.41) is 5.32. The van der Waals surface area contributed by atoms with Crippen LogP contribution in [0.1, 0.15) is 67.7 Å². The van der Waals surface area contributed by atoms with E-state index < -0.39 is 16.9 Å². The van der Waals surface area contributed by atoms with Gasteiger partial charge in [-0.1, -0.05) is 13.8 Å². The molecule has 6 heteroatoms. The zero-order chi connectivity index (χ0) is 17.4. The Morgan fingerprint density at radius 1 is 1.35 bits per heavy atom. The van der Waals surface area contributed by atoms with Crippen LogP contribution in [-0.4, -0.2) is 29.7 Å². The van der Waals surface area contributed by atoms with E-state index in [0.29, 0.717) is 30.7 Å². The van der Waals surface area contributed by atoms with Crippen LogP contribution in [-0.2, 0) is 11.2 Å². The van der Waals surface area contributed by atoms with Gasteiger partial charge in [-0.2, -0.15) is 0 Å². The Balaban J connectivity index is 2.20. The van der Waals surface area contributed by atoms with E-state index in [1.807, 2.05) is 20.8 Å². The molecule has 1 aliphatic rings. The van der Waals surface area contributed by atoms with Crippen molar-refractivity contribution in [3.63, 3.8) is 0 Å². The molecule has 1 aromatic rings. The molecular weight excluding hydrogens is 296 g/mol. The minimum absolute atomic E-state index is 0.00969. The van der Waals surface area contributed by atoms with Gasteiger partial charge in [-0.05, 0) is 27.2 Å². The van der Waals surface area contributed by atoms with E-state index >= 15 is 0 Å². The van der Waals surface area contributed by atoms with Crippen LogP contribution in [0.4, 0.5) is 0 Å². The number of carbonyl (C=O) groups is 3. The minimum atomic E-state index is -1.07. The summed E-state index contributed by atoms with van der Waals surface area (Å²) >= 11 is 0. The third-order valence-corrected chi connectivity index (χ3v) is 4.20. The van der Waals surface area contributed by atoms with Gasteiger partial charge < -0.3 is 15.1 Å².